The summed E-state index contributed by atoms with van der Waals surface area (Å²) in [6, 6.07) is 0. The van der Waals surface area contributed by atoms with Crippen LogP contribution in [0.15, 0.2) is 0 Å². The quantitative estimate of drug-likeness (QED) is 0.366. The zero-order valence-corrected chi connectivity index (χ0v) is 5.94. The van der Waals surface area contributed by atoms with E-state index in [0.717, 1.165) is 0 Å². The third-order valence-corrected chi connectivity index (χ3v) is 0. The Balaban J connectivity index is -0.0000000267. The van der Waals surface area contributed by atoms with Gasteiger partial charge in [-0.25, -0.2) is 4.57 Å². The first-order valence-electron chi connectivity index (χ1n) is 0.752. The van der Waals surface area contributed by atoms with Gasteiger partial charge < -0.3 is 2.85 Å². The van der Waals surface area contributed by atoms with Crippen molar-refractivity contribution in [3.8, 4) is 0 Å². The molecule has 2 N–H and O–H groups in total. The Morgan fingerprint density at radius 1 is 1.67 bits per heavy atom. The van der Waals surface area contributed by atoms with Gasteiger partial charge in [0, 0.05) is 0 Å². The van der Waals surface area contributed by atoms with Crippen molar-refractivity contribution >= 4 is 45.6 Å². The molecule has 0 atom stereocenters. The summed E-state index contributed by atoms with van der Waals surface area (Å²) in [6.07, 6.45) is 0. The smallest absolute Gasteiger partial charge is 1.00 e. The Labute approximate surface area is 66.8 Å². The molecule has 0 spiro atoms. The van der Waals surface area contributed by atoms with Gasteiger partial charge in [0.1, 0.15) is 0 Å². The fourth-order valence-electron chi connectivity index (χ4n) is 0. The topological polar surface area (TPSA) is 57.5 Å². The largest absolute Gasteiger partial charge is 2.00 e. The third-order valence-electron chi connectivity index (χ3n) is 0. The van der Waals surface area contributed by atoms with Crippen LogP contribution in [0.5, 0.6) is 0 Å². The van der Waals surface area contributed by atoms with E-state index in [9.17, 15) is 4.20 Å². The molecule has 0 amide bonds. The van der Waals surface area contributed by atoms with E-state index in [1.54, 1.807) is 0 Å². The predicted octanol–water partition coefficient (Wildman–Crippen LogP) is -0.107. The normalized spacial score (nSPS) is 9.83. The molecule has 0 rings (SSSR count). The van der Waals surface area contributed by atoms with Gasteiger partial charge in [-0.1, -0.05) is 0 Å². The molecular formula is H4CaFO3P. The van der Waals surface area contributed by atoms with Crippen LogP contribution in [0, 0.1) is 0 Å². The van der Waals surface area contributed by atoms with Gasteiger partial charge >= 0.3 is 45.6 Å². The second kappa shape index (κ2) is 3.36. The van der Waals surface area contributed by atoms with Crippen LogP contribution in [0.4, 0.5) is 4.20 Å². The van der Waals surface area contributed by atoms with Crippen molar-refractivity contribution < 1.29 is 21.4 Å². The number of rotatable bonds is 0. The minimum atomic E-state index is -5.14. The molecule has 6 heteroatoms. The molecule has 0 aromatic rings. The fraction of sp³-hybridized carbons (Fsp3) is 0. The van der Waals surface area contributed by atoms with Crippen LogP contribution in [0.25, 0.3) is 0 Å². The SMILES string of the molecule is O=P(O)(O)F.[Ca+2].[H-].[H-]. The monoisotopic (exact) mass is 142 g/mol. The minimum Gasteiger partial charge on any atom is -1.00 e. The van der Waals surface area contributed by atoms with Crippen LogP contribution in [0.3, 0.4) is 0 Å². The number of hydrogen-bond acceptors (Lipinski definition) is 1. The summed E-state index contributed by atoms with van der Waals surface area (Å²) in [6.45, 7) is 0. The molecule has 0 unspecified atom stereocenters. The van der Waals surface area contributed by atoms with Crippen molar-refractivity contribution in [2.45, 2.75) is 0 Å². The molecule has 3 nitrogen and oxygen atoms in total. The van der Waals surface area contributed by atoms with Gasteiger partial charge in [-0.2, -0.15) is 0 Å². The van der Waals surface area contributed by atoms with Crippen LogP contribution in [-0.2, 0) is 4.57 Å². The molecular weight excluding hydrogens is 138 g/mol. The van der Waals surface area contributed by atoms with Gasteiger partial charge in [0.25, 0.3) is 0 Å². The Kier molecular flexibility index (Phi) is 5.79. The zero-order valence-electron chi connectivity index (χ0n) is 4.83. The molecule has 0 radical (unpaired) electrons. The molecule has 0 bridgehead atoms. The van der Waals surface area contributed by atoms with Crippen LogP contribution in [0.1, 0.15) is 2.85 Å². The van der Waals surface area contributed by atoms with E-state index in [4.69, 9.17) is 14.4 Å². The molecule has 0 aliphatic carbocycles. The summed E-state index contributed by atoms with van der Waals surface area (Å²) < 4.78 is 19.0. The first kappa shape index (κ1) is 10.3. The van der Waals surface area contributed by atoms with Crippen LogP contribution in [-0.4, -0.2) is 47.5 Å². The molecule has 36 valence electrons. The number of hydrogen-bond donors (Lipinski definition) is 2. The summed E-state index contributed by atoms with van der Waals surface area (Å²) in [5.41, 5.74) is 0. The summed E-state index contributed by atoms with van der Waals surface area (Å²) in [5, 5.41) is 0. The van der Waals surface area contributed by atoms with E-state index in [0.29, 0.717) is 0 Å². The first-order chi connectivity index (χ1) is 2.00. The maximum Gasteiger partial charge on any atom is 2.00 e. The van der Waals surface area contributed by atoms with Crippen molar-refractivity contribution in [2.75, 3.05) is 0 Å². The Bertz CT molecular complexity index is 63.4. The zero-order chi connectivity index (χ0) is 4.50. The van der Waals surface area contributed by atoms with E-state index >= 15 is 0 Å². The number of halogens is 1. The average Bonchev–Trinajstić information content (AvgIpc) is 0.722. The van der Waals surface area contributed by atoms with E-state index in [1.807, 2.05) is 0 Å². The van der Waals surface area contributed by atoms with Crippen molar-refractivity contribution in [1.29, 1.82) is 0 Å². The minimum absolute atomic E-state index is 0. The van der Waals surface area contributed by atoms with Gasteiger partial charge in [0.2, 0.25) is 0 Å². The van der Waals surface area contributed by atoms with Gasteiger partial charge in [-0.15, -0.1) is 4.20 Å². The first-order valence-corrected chi connectivity index (χ1v) is 2.25. The summed E-state index contributed by atoms with van der Waals surface area (Å²) in [5.74, 6) is 0. The Hall–Kier alpha value is 1.34. The molecule has 6 heavy (non-hydrogen) atoms. The fourth-order valence-corrected chi connectivity index (χ4v) is 0. The van der Waals surface area contributed by atoms with E-state index < -0.39 is 7.91 Å². The maximum absolute atomic E-state index is 10.4. The molecule has 0 saturated carbocycles. The van der Waals surface area contributed by atoms with Crippen molar-refractivity contribution in [1.82, 2.24) is 0 Å². The second-order valence-corrected chi connectivity index (χ2v) is 1.42. The van der Waals surface area contributed by atoms with Crippen molar-refractivity contribution in [3.05, 3.63) is 0 Å². The molecule has 0 aliphatic rings. The van der Waals surface area contributed by atoms with E-state index in [1.165, 1.54) is 0 Å². The van der Waals surface area contributed by atoms with E-state index in [2.05, 4.69) is 0 Å². The standard InChI is InChI=1S/Ca.FH2O3P.2H/c;1-5(2,3)4;;/h;(H2,2,3,4);;/q+2;;2*-1. The van der Waals surface area contributed by atoms with E-state index in [-0.39, 0.29) is 40.6 Å². The third kappa shape index (κ3) is 56.0. The van der Waals surface area contributed by atoms with Crippen molar-refractivity contribution in [2.24, 2.45) is 0 Å². The molecule has 0 fully saturated rings. The van der Waals surface area contributed by atoms with Crippen LogP contribution in [0.2, 0.25) is 0 Å². The molecule has 0 saturated heterocycles. The predicted molar refractivity (Wildman–Crippen MR) is 21.1 cm³/mol. The molecule has 0 aliphatic heterocycles. The molecule has 0 heterocycles. The van der Waals surface area contributed by atoms with Gasteiger partial charge in [-0.3, -0.25) is 9.79 Å². The van der Waals surface area contributed by atoms with Crippen molar-refractivity contribution in [3.63, 3.8) is 0 Å². The van der Waals surface area contributed by atoms with Crippen LogP contribution < -0.4 is 0 Å². The van der Waals surface area contributed by atoms with Gasteiger partial charge in [0.05, 0.1) is 0 Å². The average molecular weight is 142 g/mol. The summed E-state index contributed by atoms with van der Waals surface area (Å²) >= 11 is 0. The summed E-state index contributed by atoms with van der Waals surface area (Å²) in [4.78, 5) is 13.9. The maximum atomic E-state index is 10.4. The van der Waals surface area contributed by atoms with Crippen LogP contribution >= 0.6 is 7.91 Å². The van der Waals surface area contributed by atoms with Gasteiger partial charge in [0.15, 0.2) is 0 Å². The van der Waals surface area contributed by atoms with Gasteiger partial charge in [-0.05, 0) is 0 Å². The second-order valence-electron chi connectivity index (χ2n) is 0.473. The molecule has 0 aromatic heterocycles. The summed E-state index contributed by atoms with van der Waals surface area (Å²) in [7, 11) is -5.14. The Morgan fingerprint density at radius 3 is 1.67 bits per heavy atom. The molecule has 0 aromatic carbocycles. The Morgan fingerprint density at radius 2 is 1.67 bits per heavy atom.